The molecule has 3 nitrogen and oxygen atoms in total. The molecule has 1 atom stereocenters. The van der Waals surface area contributed by atoms with Crippen molar-refractivity contribution in [3.05, 3.63) is 0 Å². The van der Waals surface area contributed by atoms with Gasteiger partial charge in [-0.2, -0.15) is 0 Å². The van der Waals surface area contributed by atoms with Gasteiger partial charge in [-0.3, -0.25) is 4.79 Å². The first-order valence-electron chi connectivity index (χ1n) is 3.13. The minimum Gasteiger partial charge on any atom is -0.481 e. The largest absolute Gasteiger partial charge is 0.481 e. The van der Waals surface area contributed by atoms with Crippen LogP contribution < -0.4 is 0 Å². The Hall–Kier alpha value is -0.640. The summed E-state index contributed by atoms with van der Waals surface area (Å²) >= 11 is 0. The van der Waals surface area contributed by atoms with Crippen LogP contribution in [0.3, 0.4) is 0 Å². The fourth-order valence-electron chi connectivity index (χ4n) is 0.566. The van der Waals surface area contributed by atoms with E-state index in [1.54, 1.807) is 0 Å². The molecule has 0 aromatic carbocycles. The number of carboxylic acid groups (broad SMARTS) is 1. The summed E-state index contributed by atoms with van der Waals surface area (Å²) in [6.07, 6.45) is -0.875. The highest BCUT2D eigenvalue weighted by molar-refractivity contribution is 5.66. The van der Waals surface area contributed by atoms with Gasteiger partial charge in [0.2, 0.25) is 0 Å². The second-order valence-electron chi connectivity index (χ2n) is 2.07. The van der Waals surface area contributed by atoms with E-state index < -0.39 is 18.7 Å². The number of carbonyl (C=O) groups is 1. The van der Waals surface area contributed by atoms with Gasteiger partial charge in [-0.05, 0) is 12.8 Å². The monoisotopic (exact) mass is 150 g/mol. The Morgan fingerprint density at radius 3 is 2.60 bits per heavy atom. The van der Waals surface area contributed by atoms with Crippen molar-refractivity contribution in [2.45, 2.75) is 25.4 Å². The van der Waals surface area contributed by atoms with Gasteiger partial charge in [0.05, 0.1) is 6.61 Å². The molecular weight excluding hydrogens is 139 g/mol. The smallest absolute Gasteiger partial charge is 0.303 e. The van der Waals surface area contributed by atoms with Crippen LogP contribution in [-0.2, 0) is 4.79 Å². The molecule has 1 unspecified atom stereocenters. The Kier molecular flexibility index (Phi) is 4.84. The average Bonchev–Trinajstić information content (AvgIpc) is 1.87. The molecule has 0 saturated carbocycles. The zero-order chi connectivity index (χ0) is 7.98. The lowest BCUT2D eigenvalue weighted by molar-refractivity contribution is -0.137. The fraction of sp³-hybridized carbons (Fsp3) is 0.833. The number of halogens is 1. The number of carboxylic acids is 1. The Balaban J connectivity index is 3.11. The zero-order valence-electron chi connectivity index (χ0n) is 5.59. The van der Waals surface area contributed by atoms with Crippen molar-refractivity contribution in [2.75, 3.05) is 6.61 Å². The van der Waals surface area contributed by atoms with Crippen LogP contribution in [0.5, 0.6) is 0 Å². The van der Waals surface area contributed by atoms with Gasteiger partial charge in [-0.1, -0.05) is 0 Å². The van der Waals surface area contributed by atoms with Gasteiger partial charge >= 0.3 is 5.97 Å². The first kappa shape index (κ1) is 9.36. The van der Waals surface area contributed by atoms with Crippen LogP contribution in [0.4, 0.5) is 4.39 Å². The second kappa shape index (κ2) is 5.17. The van der Waals surface area contributed by atoms with Gasteiger partial charge in [-0.25, -0.2) is 4.39 Å². The van der Waals surface area contributed by atoms with Gasteiger partial charge < -0.3 is 10.2 Å². The molecule has 4 heteroatoms. The summed E-state index contributed by atoms with van der Waals surface area (Å²) in [6.45, 7) is -0.514. The molecule has 0 fully saturated rings. The minimum atomic E-state index is -1.26. The molecule has 0 radical (unpaired) electrons. The maximum Gasteiger partial charge on any atom is 0.303 e. The second-order valence-corrected chi connectivity index (χ2v) is 2.07. The Bertz CT molecular complexity index is 105. The molecule has 0 aliphatic rings. The molecule has 0 aliphatic heterocycles. The van der Waals surface area contributed by atoms with E-state index in [1.165, 1.54) is 0 Å². The van der Waals surface area contributed by atoms with Gasteiger partial charge in [0.25, 0.3) is 0 Å². The highest BCUT2D eigenvalue weighted by atomic mass is 19.1. The number of aliphatic hydroxyl groups excluding tert-OH is 1. The van der Waals surface area contributed by atoms with E-state index in [4.69, 9.17) is 10.2 Å². The standard InChI is InChI=1S/C6H11FO3/c7-5(4-8)2-1-3-6(9)10/h5,8H,1-4H2,(H,9,10). The summed E-state index contributed by atoms with van der Waals surface area (Å²) in [5, 5.41) is 16.3. The van der Waals surface area contributed by atoms with Crippen molar-refractivity contribution in [3.8, 4) is 0 Å². The third-order valence-corrected chi connectivity index (χ3v) is 1.11. The molecule has 0 spiro atoms. The minimum absolute atomic E-state index is 0.0274. The quantitative estimate of drug-likeness (QED) is 0.602. The number of aliphatic carboxylic acids is 1. The van der Waals surface area contributed by atoms with Crippen LogP contribution in [0, 0.1) is 0 Å². The van der Waals surface area contributed by atoms with Gasteiger partial charge in [-0.15, -0.1) is 0 Å². The summed E-state index contributed by atoms with van der Waals surface area (Å²) in [6, 6.07) is 0. The summed E-state index contributed by atoms with van der Waals surface area (Å²) in [4.78, 5) is 9.88. The number of aliphatic hydroxyl groups is 1. The summed E-state index contributed by atoms with van der Waals surface area (Å²) in [7, 11) is 0. The van der Waals surface area contributed by atoms with E-state index in [0.29, 0.717) is 0 Å². The molecule has 0 rings (SSSR count). The zero-order valence-corrected chi connectivity index (χ0v) is 5.59. The van der Waals surface area contributed by atoms with Crippen LogP contribution >= 0.6 is 0 Å². The number of hydrogen-bond donors (Lipinski definition) is 2. The fourth-order valence-corrected chi connectivity index (χ4v) is 0.566. The molecule has 0 aromatic rings. The van der Waals surface area contributed by atoms with Crippen molar-refractivity contribution in [1.82, 2.24) is 0 Å². The number of rotatable bonds is 5. The van der Waals surface area contributed by atoms with E-state index >= 15 is 0 Å². The lowest BCUT2D eigenvalue weighted by atomic mass is 10.2. The van der Waals surface area contributed by atoms with E-state index in [0.717, 1.165) is 0 Å². The normalized spacial score (nSPS) is 13.0. The number of alkyl halides is 1. The SMILES string of the molecule is O=C(O)CCCC(F)CO. The van der Waals surface area contributed by atoms with Gasteiger partial charge in [0, 0.05) is 6.42 Å². The topological polar surface area (TPSA) is 57.5 Å². The van der Waals surface area contributed by atoms with Crippen LogP contribution in [0.1, 0.15) is 19.3 Å². The van der Waals surface area contributed by atoms with Crippen LogP contribution in [0.25, 0.3) is 0 Å². The molecule has 0 aliphatic carbocycles. The Morgan fingerprint density at radius 1 is 1.60 bits per heavy atom. The molecule has 0 heterocycles. The highest BCUT2D eigenvalue weighted by Gasteiger charge is 2.04. The predicted octanol–water partition coefficient (Wildman–Crippen LogP) is 0.572. The third kappa shape index (κ3) is 5.50. The molecule has 0 amide bonds. The molecule has 10 heavy (non-hydrogen) atoms. The number of hydrogen-bond acceptors (Lipinski definition) is 2. The van der Waals surface area contributed by atoms with E-state index in [2.05, 4.69) is 0 Å². The summed E-state index contributed by atoms with van der Waals surface area (Å²) in [5.74, 6) is -0.926. The van der Waals surface area contributed by atoms with Crippen molar-refractivity contribution < 1.29 is 19.4 Å². The molecule has 2 N–H and O–H groups in total. The van der Waals surface area contributed by atoms with E-state index in [1.807, 2.05) is 0 Å². The van der Waals surface area contributed by atoms with Crippen molar-refractivity contribution >= 4 is 5.97 Å². The molecule has 60 valence electrons. The maximum atomic E-state index is 12.1. The first-order valence-corrected chi connectivity index (χ1v) is 3.13. The van der Waals surface area contributed by atoms with Crippen molar-refractivity contribution in [1.29, 1.82) is 0 Å². The first-order chi connectivity index (χ1) is 4.66. The average molecular weight is 150 g/mol. The molecule has 0 saturated heterocycles. The maximum absolute atomic E-state index is 12.1. The van der Waals surface area contributed by atoms with Crippen molar-refractivity contribution in [2.24, 2.45) is 0 Å². The molecule has 0 aromatic heterocycles. The van der Waals surface area contributed by atoms with Gasteiger partial charge in [0.15, 0.2) is 0 Å². The van der Waals surface area contributed by atoms with Gasteiger partial charge in [0.1, 0.15) is 6.17 Å². The lowest BCUT2D eigenvalue weighted by Crippen LogP contribution is -2.06. The van der Waals surface area contributed by atoms with Crippen LogP contribution in [0.15, 0.2) is 0 Å². The summed E-state index contributed by atoms with van der Waals surface area (Å²) in [5.41, 5.74) is 0. The Labute approximate surface area is 58.5 Å². The third-order valence-electron chi connectivity index (χ3n) is 1.11. The predicted molar refractivity (Wildman–Crippen MR) is 33.5 cm³/mol. The van der Waals surface area contributed by atoms with Crippen LogP contribution in [-0.4, -0.2) is 29.0 Å². The van der Waals surface area contributed by atoms with E-state index in [9.17, 15) is 9.18 Å². The highest BCUT2D eigenvalue weighted by Crippen LogP contribution is 2.03. The lowest BCUT2D eigenvalue weighted by Gasteiger charge is -2.00. The summed E-state index contributed by atoms with van der Waals surface area (Å²) < 4.78 is 12.1. The van der Waals surface area contributed by atoms with Crippen LogP contribution in [0.2, 0.25) is 0 Å². The van der Waals surface area contributed by atoms with Crippen molar-refractivity contribution in [3.63, 3.8) is 0 Å². The molecular formula is C6H11FO3. The molecule has 0 bridgehead atoms. The van der Waals surface area contributed by atoms with E-state index in [-0.39, 0.29) is 19.3 Å². The Morgan fingerprint density at radius 2 is 2.20 bits per heavy atom.